The predicted molar refractivity (Wildman–Crippen MR) is 123 cm³/mol. The summed E-state index contributed by atoms with van der Waals surface area (Å²) in [6.45, 7) is 6.98. The molecule has 0 aliphatic carbocycles. The molecule has 0 spiro atoms. The third-order valence-electron chi connectivity index (χ3n) is 5.88. The standard InChI is InChI=1S/C24H33N5O4/c1-16(2)12-19(23(31)33-4)27-24(32)29-11-10-28(14-20-17(3)25-15-26-20)22(30)21(29)13-18-8-6-5-7-9-18/h5-9,15-16,19,21H,10-14H2,1-4H3,(H,25,26)(H,27,32). The van der Waals surface area contributed by atoms with Crippen LogP contribution in [0.4, 0.5) is 4.79 Å². The van der Waals surface area contributed by atoms with Gasteiger partial charge in [0.25, 0.3) is 0 Å². The number of nitrogens with zero attached hydrogens (tertiary/aromatic N) is 3. The van der Waals surface area contributed by atoms with Crippen LogP contribution in [0.2, 0.25) is 0 Å². The lowest BCUT2D eigenvalue weighted by molar-refractivity contribution is -0.143. The number of hydrogen-bond acceptors (Lipinski definition) is 5. The summed E-state index contributed by atoms with van der Waals surface area (Å²) in [5.74, 6) is -0.443. The fourth-order valence-electron chi connectivity index (χ4n) is 4.06. The number of nitrogens with one attached hydrogen (secondary N) is 2. The number of carbonyl (C=O) groups excluding carboxylic acids is 3. The number of methoxy groups -OCH3 is 1. The van der Waals surface area contributed by atoms with Gasteiger partial charge in [0.15, 0.2) is 0 Å². The Labute approximate surface area is 194 Å². The van der Waals surface area contributed by atoms with Gasteiger partial charge in [-0.3, -0.25) is 4.79 Å². The fourth-order valence-corrected chi connectivity index (χ4v) is 4.06. The van der Waals surface area contributed by atoms with Crippen molar-refractivity contribution in [2.24, 2.45) is 5.92 Å². The normalized spacial score (nSPS) is 17.2. The van der Waals surface area contributed by atoms with Crippen LogP contribution in [0.5, 0.6) is 0 Å². The molecule has 2 unspecified atom stereocenters. The maximum Gasteiger partial charge on any atom is 0.328 e. The first-order valence-electron chi connectivity index (χ1n) is 11.3. The number of rotatable bonds is 8. The number of ether oxygens (including phenoxy) is 1. The van der Waals surface area contributed by atoms with Gasteiger partial charge in [-0.15, -0.1) is 0 Å². The zero-order valence-electron chi connectivity index (χ0n) is 19.7. The SMILES string of the molecule is COC(=O)C(CC(C)C)NC(=O)N1CCN(Cc2nc[nH]c2C)C(=O)C1Cc1ccccc1. The Kier molecular flexibility index (Phi) is 8.08. The third kappa shape index (κ3) is 6.12. The molecular formula is C24H33N5O4. The van der Waals surface area contributed by atoms with Crippen LogP contribution in [-0.2, 0) is 27.3 Å². The van der Waals surface area contributed by atoms with Crippen LogP contribution in [0.15, 0.2) is 36.7 Å². The Bertz CT molecular complexity index is 959. The maximum atomic E-state index is 13.5. The number of aromatic amines is 1. The van der Waals surface area contributed by atoms with Crippen LogP contribution in [0.1, 0.15) is 37.2 Å². The molecule has 1 aliphatic heterocycles. The molecule has 2 N–H and O–H groups in total. The highest BCUT2D eigenvalue weighted by Crippen LogP contribution is 2.20. The largest absolute Gasteiger partial charge is 0.467 e. The molecule has 2 aromatic rings. The molecule has 9 nitrogen and oxygen atoms in total. The molecule has 1 aromatic heterocycles. The van der Waals surface area contributed by atoms with Gasteiger partial charge >= 0.3 is 12.0 Å². The van der Waals surface area contributed by atoms with Crippen molar-refractivity contribution in [1.29, 1.82) is 0 Å². The fraction of sp³-hybridized carbons (Fsp3) is 0.500. The lowest BCUT2D eigenvalue weighted by Gasteiger charge is -2.41. The molecule has 3 amide bonds. The summed E-state index contributed by atoms with van der Waals surface area (Å²) in [5.41, 5.74) is 2.68. The van der Waals surface area contributed by atoms with E-state index in [-0.39, 0.29) is 11.8 Å². The number of aryl methyl sites for hydroxylation is 1. The van der Waals surface area contributed by atoms with Crippen LogP contribution in [0, 0.1) is 12.8 Å². The number of benzene rings is 1. The zero-order valence-corrected chi connectivity index (χ0v) is 19.7. The number of urea groups is 1. The van der Waals surface area contributed by atoms with Crippen molar-refractivity contribution < 1.29 is 19.1 Å². The van der Waals surface area contributed by atoms with Gasteiger partial charge in [0, 0.05) is 25.2 Å². The quantitative estimate of drug-likeness (QED) is 0.594. The summed E-state index contributed by atoms with van der Waals surface area (Å²) in [4.78, 5) is 49.6. The van der Waals surface area contributed by atoms with Crippen molar-refractivity contribution in [2.45, 2.75) is 52.2 Å². The van der Waals surface area contributed by atoms with Crippen molar-refractivity contribution in [3.8, 4) is 0 Å². The summed E-state index contributed by atoms with van der Waals surface area (Å²) < 4.78 is 4.87. The summed E-state index contributed by atoms with van der Waals surface area (Å²) >= 11 is 0. The smallest absolute Gasteiger partial charge is 0.328 e. The Morgan fingerprint density at radius 3 is 2.58 bits per heavy atom. The second kappa shape index (κ2) is 11.0. The molecule has 1 aromatic carbocycles. The Morgan fingerprint density at radius 1 is 1.24 bits per heavy atom. The van der Waals surface area contributed by atoms with Crippen LogP contribution in [0.3, 0.4) is 0 Å². The van der Waals surface area contributed by atoms with E-state index >= 15 is 0 Å². The van der Waals surface area contributed by atoms with E-state index < -0.39 is 24.1 Å². The van der Waals surface area contributed by atoms with Crippen LogP contribution < -0.4 is 5.32 Å². The van der Waals surface area contributed by atoms with Gasteiger partial charge in [0.2, 0.25) is 5.91 Å². The molecule has 3 rings (SSSR count). The number of carbonyl (C=O) groups is 3. The van der Waals surface area contributed by atoms with Gasteiger partial charge in [-0.25, -0.2) is 14.6 Å². The number of piperazine rings is 1. The number of imidazole rings is 1. The zero-order chi connectivity index (χ0) is 24.0. The van der Waals surface area contributed by atoms with Crippen molar-refractivity contribution in [1.82, 2.24) is 25.1 Å². The van der Waals surface area contributed by atoms with Crippen LogP contribution in [-0.4, -0.2) is 70.0 Å². The second-order valence-corrected chi connectivity index (χ2v) is 8.79. The lowest BCUT2D eigenvalue weighted by Crippen LogP contribution is -2.62. The molecule has 1 aliphatic rings. The number of H-pyrrole nitrogens is 1. The second-order valence-electron chi connectivity index (χ2n) is 8.79. The first-order chi connectivity index (χ1) is 15.8. The molecule has 178 valence electrons. The predicted octanol–water partition coefficient (Wildman–Crippen LogP) is 2.27. The number of amides is 3. The van der Waals surface area contributed by atoms with E-state index in [0.29, 0.717) is 32.5 Å². The third-order valence-corrected chi connectivity index (χ3v) is 5.88. The molecule has 0 bridgehead atoms. The van der Waals surface area contributed by atoms with Gasteiger partial charge < -0.3 is 24.8 Å². The molecule has 0 radical (unpaired) electrons. The molecule has 33 heavy (non-hydrogen) atoms. The Hall–Kier alpha value is -3.36. The number of aromatic nitrogens is 2. The van der Waals surface area contributed by atoms with Gasteiger partial charge in [-0.1, -0.05) is 44.2 Å². The van der Waals surface area contributed by atoms with E-state index in [4.69, 9.17) is 4.74 Å². The van der Waals surface area contributed by atoms with E-state index in [9.17, 15) is 14.4 Å². The molecule has 9 heteroatoms. The van der Waals surface area contributed by atoms with E-state index in [0.717, 1.165) is 17.0 Å². The summed E-state index contributed by atoms with van der Waals surface area (Å²) in [6, 6.07) is 7.73. The molecule has 2 atom stereocenters. The van der Waals surface area contributed by atoms with Crippen LogP contribution in [0.25, 0.3) is 0 Å². The lowest BCUT2D eigenvalue weighted by atomic mass is 10.0. The highest BCUT2D eigenvalue weighted by Gasteiger charge is 2.39. The van der Waals surface area contributed by atoms with Crippen LogP contribution >= 0.6 is 0 Å². The minimum absolute atomic E-state index is 0.138. The number of esters is 1. The molecule has 0 saturated carbocycles. The van der Waals surface area contributed by atoms with Gasteiger partial charge in [-0.05, 0) is 24.8 Å². The van der Waals surface area contributed by atoms with E-state index in [1.807, 2.05) is 51.1 Å². The minimum atomic E-state index is -0.764. The highest BCUT2D eigenvalue weighted by atomic mass is 16.5. The summed E-state index contributed by atoms with van der Waals surface area (Å²) in [6.07, 6.45) is 2.45. The Balaban J connectivity index is 1.81. The molecular weight excluding hydrogens is 422 g/mol. The van der Waals surface area contributed by atoms with Gasteiger partial charge in [0.05, 0.1) is 25.7 Å². The molecule has 1 saturated heterocycles. The van der Waals surface area contributed by atoms with Crippen molar-refractivity contribution in [2.75, 3.05) is 20.2 Å². The highest BCUT2D eigenvalue weighted by molar-refractivity contribution is 5.90. The average molecular weight is 456 g/mol. The van der Waals surface area contributed by atoms with Crippen molar-refractivity contribution in [3.05, 3.63) is 53.6 Å². The van der Waals surface area contributed by atoms with Crippen molar-refractivity contribution in [3.63, 3.8) is 0 Å². The van der Waals surface area contributed by atoms with E-state index in [2.05, 4.69) is 15.3 Å². The van der Waals surface area contributed by atoms with Crippen molar-refractivity contribution >= 4 is 17.9 Å². The summed E-state index contributed by atoms with van der Waals surface area (Å²) in [7, 11) is 1.30. The summed E-state index contributed by atoms with van der Waals surface area (Å²) in [5, 5.41) is 2.80. The average Bonchev–Trinajstić information content (AvgIpc) is 3.20. The maximum absolute atomic E-state index is 13.5. The van der Waals surface area contributed by atoms with E-state index in [1.165, 1.54) is 7.11 Å². The topological polar surface area (TPSA) is 108 Å². The molecule has 2 heterocycles. The van der Waals surface area contributed by atoms with E-state index in [1.54, 1.807) is 16.1 Å². The van der Waals surface area contributed by atoms with Gasteiger partial charge in [-0.2, -0.15) is 0 Å². The molecule has 1 fully saturated rings. The Morgan fingerprint density at radius 2 is 1.97 bits per heavy atom. The monoisotopic (exact) mass is 455 g/mol. The first kappa shape index (κ1) is 24.3. The van der Waals surface area contributed by atoms with Gasteiger partial charge in [0.1, 0.15) is 12.1 Å². The minimum Gasteiger partial charge on any atom is -0.467 e. The first-order valence-corrected chi connectivity index (χ1v) is 11.3. The number of hydrogen-bond donors (Lipinski definition) is 2.